The molecule has 0 saturated heterocycles. The van der Waals surface area contributed by atoms with Crippen LogP contribution in [0, 0.1) is 12.8 Å². The SMILES string of the molecule is Cc1ccc(Br)c(-c2cn(CCC(C)C)nn2)c1. The molecule has 0 aliphatic rings. The number of hydrogen-bond donors (Lipinski definition) is 0. The van der Waals surface area contributed by atoms with Crippen molar-refractivity contribution in [3.63, 3.8) is 0 Å². The summed E-state index contributed by atoms with van der Waals surface area (Å²) in [7, 11) is 0. The Kier molecular flexibility index (Phi) is 4.17. The molecule has 0 aliphatic heterocycles. The maximum absolute atomic E-state index is 4.25. The molecule has 3 nitrogen and oxygen atoms in total. The quantitative estimate of drug-likeness (QED) is 0.852. The first-order valence-electron chi connectivity index (χ1n) is 6.23. The summed E-state index contributed by atoms with van der Waals surface area (Å²) in [5.41, 5.74) is 3.25. The fraction of sp³-hybridized carbons (Fsp3) is 0.429. The van der Waals surface area contributed by atoms with Crippen LogP contribution in [0.3, 0.4) is 0 Å². The maximum atomic E-state index is 4.25. The molecule has 2 aromatic rings. The molecule has 0 radical (unpaired) electrons. The average molecular weight is 308 g/mol. The molecular weight excluding hydrogens is 290 g/mol. The Hall–Kier alpha value is -1.16. The van der Waals surface area contributed by atoms with Crippen LogP contribution in [-0.4, -0.2) is 15.0 Å². The minimum atomic E-state index is 0.684. The first kappa shape index (κ1) is 13.3. The highest BCUT2D eigenvalue weighted by Crippen LogP contribution is 2.27. The molecule has 2 rings (SSSR count). The zero-order chi connectivity index (χ0) is 13.1. The summed E-state index contributed by atoms with van der Waals surface area (Å²) in [5.74, 6) is 0.684. The Morgan fingerprint density at radius 3 is 2.83 bits per heavy atom. The lowest BCUT2D eigenvalue weighted by Gasteiger charge is -2.03. The van der Waals surface area contributed by atoms with Gasteiger partial charge in [0.15, 0.2) is 0 Å². The van der Waals surface area contributed by atoms with E-state index in [0.29, 0.717) is 5.92 Å². The number of rotatable bonds is 4. The number of benzene rings is 1. The van der Waals surface area contributed by atoms with Crippen LogP contribution >= 0.6 is 15.9 Å². The van der Waals surface area contributed by atoms with E-state index in [1.54, 1.807) is 0 Å². The van der Waals surface area contributed by atoms with E-state index in [0.717, 1.165) is 28.7 Å². The standard InChI is InChI=1S/C14H18BrN3/c1-10(2)6-7-18-9-14(16-17-18)12-8-11(3)4-5-13(12)15/h4-5,8-10H,6-7H2,1-3H3. The van der Waals surface area contributed by atoms with E-state index >= 15 is 0 Å². The first-order chi connectivity index (χ1) is 8.56. The molecule has 0 N–H and O–H groups in total. The van der Waals surface area contributed by atoms with Gasteiger partial charge in [-0.15, -0.1) is 5.10 Å². The molecule has 0 spiro atoms. The van der Waals surface area contributed by atoms with Gasteiger partial charge < -0.3 is 0 Å². The predicted octanol–water partition coefficient (Wildman–Crippen LogP) is 4.06. The van der Waals surface area contributed by atoms with E-state index in [1.807, 2.05) is 10.9 Å². The van der Waals surface area contributed by atoms with E-state index < -0.39 is 0 Å². The summed E-state index contributed by atoms with van der Waals surface area (Å²) in [6.07, 6.45) is 3.14. The van der Waals surface area contributed by atoms with Gasteiger partial charge in [0, 0.05) is 16.6 Å². The van der Waals surface area contributed by atoms with Crippen LogP contribution in [0.4, 0.5) is 0 Å². The van der Waals surface area contributed by atoms with Crippen molar-refractivity contribution in [3.8, 4) is 11.3 Å². The van der Waals surface area contributed by atoms with Gasteiger partial charge in [-0.2, -0.15) is 0 Å². The number of nitrogens with zero attached hydrogens (tertiary/aromatic N) is 3. The minimum absolute atomic E-state index is 0.684. The zero-order valence-electron chi connectivity index (χ0n) is 11.0. The van der Waals surface area contributed by atoms with Gasteiger partial charge in [-0.1, -0.05) is 46.6 Å². The molecule has 0 unspecified atom stereocenters. The molecule has 4 heteroatoms. The van der Waals surface area contributed by atoms with Gasteiger partial charge in [0.05, 0.1) is 6.20 Å². The van der Waals surface area contributed by atoms with Crippen molar-refractivity contribution in [1.29, 1.82) is 0 Å². The summed E-state index contributed by atoms with van der Waals surface area (Å²) < 4.78 is 2.98. The van der Waals surface area contributed by atoms with Gasteiger partial charge in [0.1, 0.15) is 5.69 Å². The van der Waals surface area contributed by atoms with Gasteiger partial charge in [-0.25, -0.2) is 0 Å². The van der Waals surface area contributed by atoms with Crippen molar-refractivity contribution >= 4 is 15.9 Å². The summed E-state index contributed by atoms with van der Waals surface area (Å²) >= 11 is 3.56. The van der Waals surface area contributed by atoms with Crippen molar-refractivity contribution in [2.75, 3.05) is 0 Å². The van der Waals surface area contributed by atoms with Crippen molar-refractivity contribution in [1.82, 2.24) is 15.0 Å². The normalized spacial score (nSPS) is 11.2. The Balaban J connectivity index is 2.21. The summed E-state index contributed by atoms with van der Waals surface area (Å²) in [6, 6.07) is 6.26. The highest BCUT2D eigenvalue weighted by Gasteiger charge is 2.08. The third kappa shape index (κ3) is 3.19. The van der Waals surface area contributed by atoms with Gasteiger partial charge in [0.2, 0.25) is 0 Å². The third-order valence-electron chi connectivity index (χ3n) is 2.87. The van der Waals surface area contributed by atoms with Gasteiger partial charge in [0.25, 0.3) is 0 Å². The number of aryl methyl sites for hydroxylation is 2. The first-order valence-corrected chi connectivity index (χ1v) is 7.02. The number of hydrogen-bond acceptors (Lipinski definition) is 2. The van der Waals surface area contributed by atoms with Crippen LogP contribution < -0.4 is 0 Å². The minimum Gasteiger partial charge on any atom is -0.252 e. The summed E-state index contributed by atoms with van der Waals surface area (Å²) in [5, 5.41) is 8.43. The topological polar surface area (TPSA) is 30.7 Å². The summed E-state index contributed by atoms with van der Waals surface area (Å²) in [6.45, 7) is 7.44. The molecule has 0 bridgehead atoms. The lowest BCUT2D eigenvalue weighted by molar-refractivity contribution is 0.478. The molecule has 1 aromatic heterocycles. The third-order valence-corrected chi connectivity index (χ3v) is 3.56. The molecule has 0 amide bonds. The second-order valence-corrected chi connectivity index (χ2v) is 5.89. The van der Waals surface area contributed by atoms with E-state index in [1.165, 1.54) is 5.56 Å². The fourth-order valence-corrected chi connectivity index (χ4v) is 2.21. The van der Waals surface area contributed by atoms with E-state index in [4.69, 9.17) is 0 Å². The molecule has 0 aliphatic carbocycles. The van der Waals surface area contributed by atoms with Crippen LogP contribution in [0.15, 0.2) is 28.9 Å². The molecule has 96 valence electrons. The molecule has 18 heavy (non-hydrogen) atoms. The lowest BCUT2D eigenvalue weighted by Crippen LogP contribution is -2.01. The van der Waals surface area contributed by atoms with E-state index in [9.17, 15) is 0 Å². The van der Waals surface area contributed by atoms with Crippen LogP contribution in [0.1, 0.15) is 25.8 Å². The molecule has 0 saturated carbocycles. The Morgan fingerprint density at radius 1 is 1.33 bits per heavy atom. The molecule has 0 atom stereocenters. The summed E-state index contributed by atoms with van der Waals surface area (Å²) in [4.78, 5) is 0. The maximum Gasteiger partial charge on any atom is 0.114 e. The Morgan fingerprint density at radius 2 is 2.11 bits per heavy atom. The smallest absolute Gasteiger partial charge is 0.114 e. The lowest BCUT2D eigenvalue weighted by atomic mass is 10.1. The van der Waals surface area contributed by atoms with E-state index in [-0.39, 0.29) is 0 Å². The van der Waals surface area contributed by atoms with Crippen LogP contribution in [0.2, 0.25) is 0 Å². The Bertz CT molecular complexity index is 532. The highest BCUT2D eigenvalue weighted by molar-refractivity contribution is 9.10. The second-order valence-electron chi connectivity index (χ2n) is 5.03. The van der Waals surface area contributed by atoms with Crippen LogP contribution in [0.5, 0.6) is 0 Å². The monoisotopic (exact) mass is 307 g/mol. The fourth-order valence-electron chi connectivity index (χ4n) is 1.76. The highest BCUT2D eigenvalue weighted by atomic mass is 79.9. The molecular formula is C14H18BrN3. The van der Waals surface area contributed by atoms with Crippen molar-refractivity contribution in [2.45, 2.75) is 33.7 Å². The van der Waals surface area contributed by atoms with Gasteiger partial charge in [-0.05, 0) is 31.4 Å². The van der Waals surface area contributed by atoms with Gasteiger partial charge in [-0.3, -0.25) is 4.68 Å². The Labute approximate surface area is 116 Å². The average Bonchev–Trinajstić information content (AvgIpc) is 2.78. The molecule has 1 aromatic carbocycles. The van der Waals surface area contributed by atoms with Crippen molar-refractivity contribution in [3.05, 3.63) is 34.4 Å². The number of aromatic nitrogens is 3. The molecule has 1 heterocycles. The van der Waals surface area contributed by atoms with Crippen molar-refractivity contribution < 1.29 is 0 Å². The van der Waals surface area contributed by atoms with Crippen LogP contribution in [0.25, 0.3) is 11.3 Å². The molecule has 0 fully saturated rings. The number of halogens is 1. The van der Waals surface area contributed by atoms with Crippen LogP contribution in [-0.2, 0) is 6.54 Å². The van der Waals surface area contributed by atoms with E-state index in [2.05, 4.69) is 65.2 Å². The largest absolute Gasteiger partial charge is 0.252 e. The second kappa shape index (κ2) is 5.65. The predicted molar refractivity (Wildman–Crippen MR) is 77.4 cm³/mol. The zero-order valence-corrected chi connectivity index (χ0v) is 12.6. The van der Waals surface area contributed by atoms with Gasteiger partial charge >= 0.3 is 0 Å². The van der Waals surface area contributed by atoms with Crippen molar-refractivity contribution in [2.24, 2.45) is 5.92 Å².